The molecule has 0 amide bonds. The number of benzene rings is 1. The highest BCUT2D eigenvalue weighted by molar-refractivity contribution is 9.11. The molecule has 0 unspecified atom stereocenters. The highest BCUT2D eigenvalue weighted by atomic mass is 79.9. The van der Waals surface area contributed by atoms with Crippen LogP contribution in [-0.2, 0) is 6.54 Å². The van der Waals surface area contributed by atoms with Crippen LogP contribution in [0.3, 0.4) is 0 Å². The Hall–Kier alpha value is 0.620. The minimum Gasteiger partial charge on any atom is -0.326 e. The fraction of sp³-hybridized carbons (Fsp3) is 0.143. The third-order valence-electron chi connectivity index (χ3n) is 1.31. The molecule has 60 valence electrons. The molecule has 4 heteroatoms. The highest BCUT2D eigenvalue weighted by Gasteiger charge is 2.03. The molecular weight excluding hydrogens is 338 g/mol. The first-order chi connectivity index (χ1) is 5.15. The van der Waals surface area contributed by atoms with E-state index in [0.29, 0.717) is 6.54 Å². The standard InChI is InChI=1S/C7H6Br3N/c8-4-1-6(9)5(3-11)7(10)2-4/h1-2H,3,11H2. The molecule has 0 saturated heterocycles. The van der Waals surface area contributed by atoms with Crippen molar-refractivity contribution in [3.63, 3.8) is 0 Å². The van der Waals surface area contributed by atoms with Gasteiger partial charge in [-0.1, -0.05) is 47.8 Å². The average molecular weight is 344 g/mol. The van der Waals surface area contributed by atoms with E-state index in [1.165, 1.54) is 0 Å². The quantitative estimate of drug-likeness (QED) is 0.830. The van der Waals surface area contributed by atoms with Crippen LogP contribution >= 0.6 is 47.8 Å². The summed E-state index contributed by atoms with van der Waals surface area (Å²) in [4.78, 5) is 0. The maximum Gasteiger partial charge on any atom is 0.0242 e. The molecule has 1 aromatic carbocycles. The van der Waals surface area contributed by atoms with Crippen LogP contribution in [0.1, 0.15) is 5.56 Å². The fourth-order valence-corrected chi connectivity index (χ4v) is 3.35. The minimum atomic E-state index is 0.536. The number of hydrogen-bond acceptors (Lipinski definition) is 1. The Morgan fingerprint density at radius 1 is 1.09 bits per heavy atom. The molecule has 0 aliphatic heterocycles. The summed E-state index contributed by atoms with van der Waals surface area (Å²) < 4.78 is 3.09. The molecule has 0 saturated carbocycles. The van der Waals surface area contributed by atoms with E-state index < -0.39 is 0 Å². The van der Waals surface area contributed by atoms with Crippen molar-refractivity contribution < 1.29 is 0 Å². The van der Waals surface area contributed by atoms with E-state index in [2.05, 4.69) is 47.8 Å². The first-order valence-electron chi connectivity index (χ1n) is 2.98. The summed E-state index contributed by atoms with van der Waals surface area (Å²) in [5, 5.41) is 0. The maximum absolute atomic E-state index is 5.53. The fourth-order valence-electron chi connectivity index (χ4n) is 0.767. The molecular formula is C7H6Br3N. The van der Waals surface area contributed by atoms with Crippen molar-refractivity contribution in [3.05, 3.63) is 31.1 Å². The van der Waals surface area contributed by atoms with Gasteiger partial charge in [0.2, 0.25) is 0 Å². The third-order valence-corrected chi connectivity index (χ3v) is 3.18. The number of rotatable bonds is 1. The van der Waals surface area contributed by atoms with Crippen molar-refractivity contribution in [1.29, 1.82) is 0 Å². The second kappa shape index (κ2) is 4.03. The van der Waals surface area contributed by atoms with Gasteiger partial charge in [0.15, 0.2) is 0 Å². The molecule has 0 spiro atoms. The summed E-state index contributed by atoms with van der Waals surface area (Å²) in [6.45, 7) is 0.536. The zero-order valence-electron chi connectivity index (χ0n) is 5.57. The summed E-state index contributed by atoms with van der Waals surface area (Å²) in [7, 11) is 0. The first-order valence-corrected chi connectivity index (χ1v) is 5.36. The number of nitrogens with two attached hydrogens (primary N) is 1. The second-order valence-corrected chi connectivity index (χ2v) is 4.68. The highest BCUT2D eigenvalue weighted by Crippen LogP contribution is 2.29. The molecule has 0 bridgehead atoms. The molecule has 0 radical (unpaired) electrons. The molecule has 1 nitrogen and oxygen atoms in total. The van der Waals surface area contributed by atoms with E-state index in [-0.39, 0.29) is 0 Å². The van der Waals surface area contributed by atoms with E-state index in [0.717, 1.165) is 19.0 Å². The molecule has 11 heavy (non-hydrogen) atoms. The van der Waals surface area contributed by atoms with Crippen molar-refractivity contribution >= 4 is 47.8 Å². The lowest BCUT2D eigenvalue weighted by atomic mass is 10.2. The van der Waals surface area contributed by atoms with E-state index >= 15 is 0 Å². The Morgan fingerprint density at radius 2 is 1.55 bits per heavy atom. The summed E-state index contributed by atoms with van der Waals surface area (Å²) in [6.07, 6.45) is 0. The number of hydrogen-bond donors (Lipinski definition) is 1. The molecule has 2 N–H and O–H groups in total. The van der Waals surface area contributed by atoms with Gasteiger partial charge in [-0.2, -0.15) is 0 Å². The van der Waals surface area contributed by atoms with Crippen molar-refractivity contribution in [2.45, 2.75) is 6.54 Å². The molecule has 0 atom stereocenters. The predicted molar refractivity (Wildman–Crippen MR) is 57.4 cm³/mol. The van der Waals surface area contributed by atoms with E-state index in [1.807, 2.05) is 12.1 Å². The van der Waals surface area contributed by atoms with Gasteiger partial charge in [-0.25, -0.2) is 0 Å². The van der Waals surface area contributed by atoms with Crippen LogP contribution in [0.25, 0.3) is 0 Å². The SMILES string of the molecule is NCc1c(Br)cc(Br)cc1Br. The summed E-state index contributed by atoms with van der Waals surface area (Å²) in [5.74, 6) is 0. The van der Waals surface area contributed by atoms with E-state index in [4.69, 9.17) is 5.73 Å². The van der Waals surface area contributed by atoms with Crippen LogP contribution < -0.4 is 5.73 Å². The van der Waals surface area contributed by atoms with Gasteiger partial charge in [0.05, 0.1) is 0 Å². The zero-order valence-corrected chi connectivity index (χ0v) is 10.3. The molecule has 0 heterocycles. The van der Waals surface area contributed by atoms with Crippen LogP contribution in [0.2, 0.25) is 0 Å². The summed E-state index contributed by atoms with van der Waals surface area (Å²) in [5.41, 5.74) is 6.62. The molecule has 1 rings (SSSR count). The van der Waals surface area contributed by atoms with Gasteiger partial charge in [0, 0.05) is 20.0 Å². The molecule has 0 fully saturated rings. The Bertz CT molecular complexity index is 249. The normalized spacial score (nSPS) is 10.2. The Balaban J connectivity index is 3.25. The maximum atomic E-state index is 5.53. The Kier molecular flexibility index (Phi) is 3.55. The van der Waals surface area contributed by atoms with Crippen LogP contribution in [0.4, 0.5) is 0 Å². The monoisotopic (exact) mass is 341 g/mol. The van der Waals surface area contributed by atoms with E-state index in [9.17, 15) is 0 Å². The number of halogens is 3. The molecule has 0 aliphatic carbocycles. The van der Waals surface area contributed by atoms with E-state index in [1.54, 1.807) is 0 Å². The Morgan fingerprint density at radius 3 is 1.91 bits per heavy atom. The van der Waals surface area contributed by atoms with Crippen molar-refractivity contribution in [3.8, 4) is 0 Å². The largest absolute Gasteiger partial charge is 0.326 e. The molecule has 1 aromatic rings. The van der Waals surface area contributed by atoms with Crippen LogP contribution in [0, 0.1) is 0 Å². The zero-order chi connectivity index (χ0) is 8.43. The lowest BCUT2D eigenvalue weighted by molar-refractivity contribution is 1.05. The second-order valence-electron chi connectivity index (χ2n) is 2.05. The molecule has 0 aromatic heterocycles. The smallest absolute Gasteiger partial charge is 0.0242 e. The van der Waals surface area contributed by atoms with Crippen LogP contribution in [-0.4, -0.2) is 0 Å². The molecule has 0 aliphatic rings. The lowest BCUT2D eigenvalue weighted by Gasteiger charge is -2.04. The first kappa shape index (κ1) is 9.71. The van der Waals surface area contributed by atoms with Crippen molar-refractivity contribution in [2.24, 2.45) is 5.73 Å². The third kappa shape index (κ3) is 2.28. The Labute approximate surface area is 90.7 Å². The van der Waals surface area contributed by atoms with Crippen molar-refractivity contribution in [2.75, 3.05) is 0 Å². The minimum absolute atomic E-state index is 0.536. The van der Waals surface area contributed by atoms with Crippen LogP contribution in [0.5, 0.6) is 0 Å². The van der Waals surface area contributed by atoms with Crippen LogP contribution in [0.15, 0.2) is 25.6 Å². The van der Waals surface area contributed by atoms with Crippen molar-refractivity contribution in [1.82, 2.24) is 0 Å². The van der Waals surface area contributed by atoms with Gasteiger partial charge in [0.1, 0.15) is 0 Å². The lowest BCUT2D eigenvalue weighted by Crippen LogP contribution is -1.98. The average Bonchev–Trinajstić information content (AvgIpc) is 1.85. The predicted octanol–water partition coefficient (Wildman–Crippen LogP) is 3.43. The topological polar surface area (TPSA) is 26.0 Å². The van der Waals surface area contributed by atoms with Gasteiger partial charge in [-0.15, -0.1) is 0 Å². The van der Waals surface area contributed by atoms with Gasteiger partial charge in [-0.05, 0) is 17.7 Å². The van der Waals surface area contributed by atoms with Gasteiger partial charge < -0.3 is 5.73 Å². The summed E-state index contributed by atoms with van der Waals surface area (Å²) >= 11 is 10.2. The summed E-state index contributed by atoms with van der Waals surface area (Å²) in [6, 6.07) is 3.96. The van der Waals surface area contributed by atoms with Gasteiger partial charge >= 0.3 is 0 Å². The van der Waals surface area contributed by atoms with Gasteiger partial charge in [-0.3, -0.25) is 0 Å². The van der Waals surface area contributed by atoms with Gasteiger partial charge in [0.25, 0.3) is 0 Å².